The Morgan fingerprint density at radius 3 is 1.94 bits per heavy atom. The van der Waals surface area contributed by atoms with Gasteiger partial charge in [-0.05, 0) is 68.3 Å². The van der Waals surface area contributed by atoms with Crippen molar-refractivity contribution in [2.75, 3.05) is 19.6 Å². The molecule has 2 atom stereocenters. The van der Waals surface area contributed by atoms with Crippen LogP contribution in [0.3, 0.4) is 0 Å². The summed E-state index contributed by atoms with van der Waals surface area (Å²) >= 11 is -2.05. The first kappa shape index (κ1) is 36.6. The van der Waals surface area contributed by atoms with E-state index in [1.165, 1.54) is 12.1 Å². The Morgan fingerprint density at radius 2 is 1.43 bits per heavy atom. The Balaban J connectivity index is 1.77. The molecule has 1 aliphatic heterocycles. The van der Waals surface area contributed by atoms with Crippen LogP contribution in [0.25, 0.3) is 0 Å². The summed E-state index contributed by atoms with van der Waals surface area (Å²) in [6, 6.07) is 9.68. The molecule has 256 valence electrons. The third kappa shape index (κ3) is 7.58. The first-order chi connectivity index (χ1) is 21.7. The van der Waals surface area contributed by atoms with Gasteiger partial charge in [0.05, 0.1) is 19.7 Å². The molecule has 1 saturated heterocycles. The summed E-state index contributed by atoms with van der Waals surface area (Å²) in [5.74, 6) is -4.05. The molecular weight excluding hydrogens is 665 g/mol. The Labute approximate surface area is 267 Å². The fraction of sp³-hybridized carbons (Fsp3) is 0.406. The van der Waals surface area contributed by atoms with E-state index in [1.54, 1.807) is 25.7 Å². The number of ether oxygens (including phenoxy) is 2. The van der Waals surface area contributed by atoms with Gasteiger partial charge in [0.2, 0.25) is 0 Å². The highest BCUT2D eigenvalue weighted by atomic mass is 32.2. The van der Waals surface area contributed by atoms with E-state index in [1.807, 2.05) is 0 Å². The lowest BCUT2D eigenvalue weighted by Crippen LogP contribution is -2.56. The molecule has 0 radical (unpaired) electrons. The normalized spacial score (nSPS) is 18.7. The largest absolute Gasteiger partial charge is 0.611 e. The van der Waals surface area contributed by atoms with Crippen LogP contribution in [0.5, 0.6) is 0 Å². The first-order valence-electron chi connectivity index (χ1n) is 14.1. The SMILES string of the molecule is CC(C)(C)OC(=O)CN1CCC(c2ccc(C(OCc3c(F)cccc3F)(C(F)(F)F)C(F)(F)F)cc2)([S+]([O-])c2ccc(F)cc2)C1. The number of likely N-dealkylation sites (tertiary alicyclic amines) is 1. The number of halogens is 9. The van der Waals surface area contributed by atoms with E-state index in [0.29, 0.717) is 24.3 Å². The lowest BCUT2D eigenvalue weighted by atomic mass is 9.88. The average molecular weight is 696 g/mol. The molecule has 47 heavy (non-hydrogen) atoms. The number of carbonyl (C=O) groups is 1. The highest BCUT2D eigenvalue weighted by Gasteiger charge is 2.73. The lowest BCUT2D eigenvalue weighted by molar-refractivity contribution is -0.392. The van der Waals surface area contributed by atoms with E-state index < -0.39 is 80.6 Å². The zero-order valence-corrected chi connectivity index (χ0v) is 26.1. The molecule has 3 aromatic carbocycles. The predicted octanol–water partition coefficient (Wildman–Crippen LogP) is 7.69. The minimum atomic E-state index is -6.15. The van der Waals surface area contributed by atoms with Gasteiger partial charge in [-0.3, -0.25) is 9.69 Å². The van der Waals surface area contributed by atoms with Crippen molar-refractivity contribution in [1.82, 2.24) is 4.90 Å². The summed E-state index contributed by atoms with van der Waals surface area (Å²) in [6.45, 7) is 3.04. The molecule has 0 spiro atoms. The van der Waals surface area contributed by atoms with Gasteiger partial charge < -0.3 is 14.0 Å². The van der Waals surface area contributed by atoms with Gasteiger partial charge in [-0.25, -0.2) is 13.2 Å². The number of rotatable bonds is 9. The fourth-order valence-electron chi connectivity index (χ4n) is 5.42. The van der Waals surface area contributed by atoms with Crippen LogP contribution in [-0.4, -0.2) is 53.0 Å². The second kappa shape index (κ2) is 13.3. The van der Waals surface area contributed by atoms with Gasteiger partial charge >= 0.3 is 18.3 Å². The van der Waals surface area contributed by atoms with Crippen LogP contribution >= 0.6 is 0 Å². The Morgan fingerprint density at radius 1 is 0.872 bits per heavy atom. The fourth-order valence-corrected chi connectivity index (χ4v) is 7.18. The van der Waals surface area contributed by atoms with Gasteiger partial charge in [0.15, 0.2) is 9.64 Å². The third-order valence-electron chi connectivity index (χ3n) is 7.58. The molecule has 0 amide bonds. The maximum absolute atomic E-state index is 14.4. The van der Waals surface area contributed by atoms with E-state index in [0.717, 1.165) is 30.3 Å². The van der Waals surface area contributed by atoms with E-state index >= 15 is 0 Å². The third-order valence-corrected chi connectivity index (χ3v) is 9.56. The molecular formula is C32H30F9NO4S. The van der Waals surface area contributed by atoms with Crippen molar-refractivity contribution in [3.63, 3.8) is 0 Å². The number of hydrogen-bond donors (Lipinski definition) is 0. The molecule has 15 heteroatoms. The van der Waals surface area contributed by atoms with E-state index in [9.17, 15) is 48.9 Å². The number of esters is 1. The monoisotopic (exact) mass is 695 g/mol. The molecule has 0 saturated carbocycles. The number of nitrogens with zero attached hydrogens (tertiary/aromatic N) is 1. The van der Waals surface area contributed by atoms with Crippen molar-refractivity contribution in [1.29, 1.82) is 0 Å². The van der Waals surface area contributed by atoms with Crippen LogP contribution in [0.2, 0.25) is 0 Å². The molecule has 0 N–H and O–H groups in total. The molecule has 0 aliphatic carbocycles. The molecule has 0 aromatic heterocycles. The van der Waals surface area contributed by atoms with E-state index in [2.05, 4.69) is 4.74 Å². The second-order valence-electron chi connectivity index (χ2n) is 12.0. The van der Waals surface area contributed by atoms with Gasteiger partial charge in [0.1, 0.15) is 23.1 Å². The minimum Gasteiger partial charge on any atom is -0.611 e. The summed E-state index contributed by atoms with van der Waals surface area (Å²) in [4.78, 5) is 14.3. The molecule has 0 bridgehead atoms. The van der Waals surface area contributed by atoms with Crippen molar-refractivity contribution >= 4 is 17.1 Å². The van der Waals surface area contributed by atoms with E-state index in [4.69, 9.17) is 4.74 Å². The van der Waals surface area contributed by atoms with Crippen molar-refractivity contribution in [2.24, 2.45) is 0 Å². The zero-order chi connectivity index (χ0) is 35.0. The molecule has 5 nitrogen and oxygen atoms in total. The van der Waals surface area contributed by atoms with Crippen LogP contribution in [0.4, 0.5) is 39.5 Å². The summed E-state index contributed by atoms with van der Waals surface area (Å²) in [6.07, 6.45) is -12.3. The summed E-state index contributed by atoms with van der Waals surface area (Å²) in [5.41, 5.74) is -8.33. The Hall–Kier alpha value is -3.27. The molecule has 2 unspecified atom stereocenters. The summed E-state index contributed by atoms with van der Waals surface area (Å²) in [7, 11) is 0. The molecule has 1 heterocycles. The van der Waals surface area contributed by atoms with Crippen LogP contribution < -0.4 is 0 Å². The van der Waals surface area contributed by atoms with Crippen molar-refractivity contribution in [3.05, 3.63) is 101 Å². The minimum absolute atomic E-state index is 0.0475. The number of carbonyl (C=O) groups excluding carboxylic acids is 1. The molecule has 4 rings (SSSR count). The number of alkyl halides is 6. The van der Waals surface area contributed by atoms with Gasteiger partial charge in [0, 0.05) is 29.7 Å². The quantitative estimate of drug-likeness (QED) is 0.131. The van der Waals surface area contributed by atoms with Crippen LogP contribution in [0.15, 0.2) is 71.6 Å². The summed E-state index contributed by atoms with van der Waals surface area (Å²) in [5, 5.41) is 0. The molecule has 3 aromatic rings. The zero-order valence-electron chi connectivity index (χ0n) is 25.3. The maximum atomic E-state index is 14.4. The van der Waals surface area contributed by atoms with Gasteiger partial charge in [-0.1, -0.05) is 30.3 Å². The maximum Gasteiger partial charge on any atom is 0.430 e. The van der Waals surface area contributed by atoms with Gasteiger partial charge in [-0.2, -0.15) is 26.3 Å². The van der Waals surface area contributed by atoms with E-state index in [-0.39, 0.29) is 36.5 Å². The van der Waals surface area contributed by atoms with Gasteiger partial charge in [0.25, 0.3) is 5.60 Å². The smallest absolute Gasteiger partial charge is 0.430 e. The second-order valence-corrected chi connectivity index (χ2v) is 13.8. The Kier molecular flexibility index (Phi) is 10.4. The highest BCUT2D eigenvalue weighted by molar-refractivity contribution is 7.92. The standard InChI is InChI=1S/C32H30F9NO4S/c1-28(2,3)46-27(43)17-42-16-15-29(19-42,47(44)23-13-11-22(33)12-14-23)20-7-9-21(10-8-20)30(31(36,37)38,32(39,40)41)45-18-24-25(34)5-4-6-26(24)35/h4-14H,15-19H2,1-3H3. The highest BCUT2D eigenvalue weighted by Crippen LogP contribution is 2.54. The predicted molar refractivity (Wildman–Crippen MR) is 153 cm³/mol. The topological polar surface area (TPSA) is 61.8 Å². The molecule has 1 aliphatic rings. The number of benzene rings is 3. The average Bonchev–Trinajstić information content (AvgIpc) is 3.37. The van der Waals surface area contributed by atoms with Crippen LogP contribution in [-0.2, 0) is 42.4 Å². The van der Waals surface area contributed by atoms with Crippen molar-refractivity contribution in [2.45, 2.75) is 67.0 Å². The van der Waals surface area contributed by atoms with Crippen molar-refractivity contribution < 1.29 is 58.3 Å². The molecule has 1 fully saturated rings. The van der Waals surface area contributed by atoms with Crippen molar-refractivity contribution in [3.8, 4) is 0 Å². The van der Waals surface area contributed by atoms with Gasteiger partial charge in [-0.15, -0.1) is 0 Å². The summed E-state index contributed by atoms with van der Waals surface area (Å²) < 4.78 is 151. The van der Waals surface area contributed by atoms with Crippen LogP contribution in [0, 0.1) is 17.5 Å². The lowest BCUT2D eigenvalue weighted by Gasteiger charge is -2.38. The first-order valence-corrected chi connectivity index (χ1v) is 15.3. The number of hydrogen-bond acceptors (Lipinski definition) is 5. The van der Waals surface area contributed by atoms with Crippen LogP contribution in [0.1, 0.15) is 43.9 Å². The Bertz CT molecular complexity index is 1520.